The van der Waals surface area contributed by atoms with E-state index in [0.29, 0.717) is 17.1 Å². The number of carbonyl (C=O) groups is 2. The van der Waals surface area contributed by atoms with E-state index in [9.17, 15) is 9.59 Å². The topological polar surface area (TPSA) is 84.0 Å². The average Bonchev–Trinajstić information content (AvgIpc) is 2.62. The molecule has 2 aromatic carbocycles. The van der Waals surface area contributed by atoms with Crippen LogP contribution >= 0.6 is 0 Å². The molecular formula is C21H20N4O2. The molecule has 1 heterocycles. The number of benzene rings is 2. The third-order valence-electron chi connectivity index (χ3n) is 3.94. The van der Waals surface area contributed by atoms with Crippen LogP contribution in [-0.4, -0.2) is 21.9 Å². The Labute approximate surface area is 157 Å². The van der Waals surface area contributed by atoms with Gasteiger partial charge in [-0.3, -0.25) is 9.59 Å². The lowest BCUT2D eigenvalue weighted by molar-refractivity contribution is 0.101. The fourth-order valence-corrected chi connectivity index (χ4v) is 2.70. The van der Waals surface area contributed by atoms with Gasteiger partial charge >= 0.3 is 0 Å². The van der Waals surface area contributed by atoms with Crippen molar-refractivity contribution in [1.29, 1.82) is 0 Å². The van der Waals surface area contributed by atoms with Crippen molar-refractivity contribution in [2.45, 2.75) is 20.8 Å². The van der Waals surface area contributed by atoms with E-state index in [4.69, 9.17) is 0 Å². The highest BCUT2D eigenvalue weighted by molar-refractivity contribution is 6.03. The Hall–Kier alpha value is -3.54. The summed E-state index contributed by atoms with van der Waals surface area (Å²) in [6, 6.07) is 16.1. The molecule has 0 aliphatic heterocycles. The van der Waals surface area contributed by atoms with Gasteiger partial charge in [-0.2, -0.15) is 0 Å². The van der Waals surface area contributed by atoms with Gasteiger partial charge in [-0.25, -0.2) is 0 Å². The largest absolute Gasteiger partial charge is 0.339 e. The van der Waals surface area contributed by atoms with Crippen LogP contribution in [0, 0.1) is 13.8 Å². The van der Waals surface area contributed by atoms with Crippen molar-refractivity contribution in [1.82, 2.24) is 10.2 Å². The molecule has 0 saturated carbocycles. The first-order valence-corrected chi connectivity index (χ1v) is 8.52. The average molecular weight is 360 g/mol. The van der Waals surface area contributed by atoms with E-state index in [2.05, 4.69) is 26.9 Å². The smallest absolute Gasteiger partial charge is 0.276 e. The Bertz CT molecular complexity index is 960. The zero-order valence-corrected chi connectivity index (χ0v) is 15.4. The van der Waals surface area contributed by atoms with E-state index in [-0.39, 0.29) is 17.4 Å². The van der Waals surface area contributed by atoms with Crippen molar-refractivity contribution in [2.75, 3.05) is 10.6 Å². The summed E-state index contributed by atoms with van der Waals surface area (Å²) in [7, 11) is 0. The summed E-state index contributed by atoms with van der Waals surface area (Å²) >= 11 is 0. The third kappa shape index (κ3) is 4.76. The van der Waals surface area contributed by atoms with Crippen molar-refractivity contribution < 1.29 is 9.59 Å². The molecule has 0 atom stereocenters. The number of Topliss-reactive ketones (excluding diaryl/α,β-unsaturated/α-hetero) is 1. The number of nitrogens with zero attached hydrogens (tertiary/aromatic N) is 2. The maximum absolute atomic E-state index is 12.3. The van der Waals surface area contributed by atoms with Gasteiger partial charge in [0.15, 0.2) is 17.3 Å². The first-order valence-electron chi connectivity index (χ1n) is 8.52. The van der Waals surface area contributed by atoms with Crippen LogP contribution in [0.2, 0.25) is 0 Å². The van der Waals surface area contributed by atoms with Gasteiger partial charge in [0.1, 0.15) is 0 Å². The number of nitrogens with one attached hydrogen (secondary N) is 2. The molecule has 3 rings (SSSR count). The zero-order valence-electron chi connectivity index (χ0n) is 15.4. The van der Waals surface area contributed by atoms with Gasteiger partial charge in [0.25, 0.3) is 5.91 Å². The van der Waals surface area contributed by atoms with Crippen LogP contribution in [0.5, 0.6) is 0 Å². The monoisotopic (exact) mass is 360 g/mol. The molecule has 1 amide bonds. The minimum atomic E-state index is -0.365. The van der Waals surface area contributed by atoms with Crippen LogP contribution in [-0.2, 0) is 0 Å². The zero-order chi connectivity index (χ0) is 19.4. The van der Waals surface area contributed by atoms with Crippen LogP contribution in [0.4, 0.5) is 17.2 Å². The minimum absolute atomic E-state index is 0.0226. The molecule has 3 aromatic rings. The van der Waals surface area contributed by atoms with Gasteiger partial charge in [-0.1, -0.05) is 6.07 Å². The molecule has 0 radical (unpaired) electrons. The number of hydrogen-bond acceptors (Lipinski definition) is 5. The lowest BCUT2D eigenvalue weighted by Crippen LogP contribution is -2.14. The highest BCUT2D eigenvalue weighted by Gasteiger charge is 2.09. The highest BCUT2D eigenvalue weighted by Crippen LogP contribution is 2.18. The molecule has 0 bridgehead atoms. The quantitative estimate of drug-likeness (QED) is 0.663. The second kappa shape index (κ2) is 7.78. The van der Waals surface area contributed by atoms with E-state index >= 15 is 0 Å². The van der Waals surface area contributed by atoms with Crippen molar-refractivity contribution in [3.8, 4) is 0 Å². The molecular weight excluding hydrogens is 340 g/mol. The molecule has 0 unspecified atom stereocenters. The van der Waals surface area contributed by atoms with E-state index < -0.39 is 0 Å². The van der Waals surface area contributed by atoms with E-state index in [1.165, 1.54) is 6.92 Å². The Balaban J connectivity index is 1.67. The second-order valence-electron chi connectivity index (χ2n) is 6.39. The molecule has 0 fully saturated rings. The Kier molecular flexibility index (Phi) is 5.26. The summed E-state index contributed by atoms with van der Waals surface area (Å²) < 4.78 is 0. The van der Waals surface area contributed by atoms with Gasteiger partial charge in [0.05, 0.1) is 0 Å². The molecule has 6 nitrogen and oxygen atoms in total. The summed E-state index contributed by atoms with van der Waals surface area (Å²) in [6.07, 6.45) is 0. The Morgan fingerprint density at radius 1 is 0.815 bits per heavy atom. The number of aryl methyl sites for hydroxylation is 2. The van der Waals surface area contributed by atoms with Crippen LogP contribution in [0.15, 0.2) is 54.6 Å². The Morgan fingerprint density at radius 3 is 2.04 bits per heavy atom. The molecule has 1 aromatic heterocycles. The molecule has 2 N–H and O–H groups in total. The van der Waals surface area contributed by atoms with Crippen LogP contribution in [0.1, 0.15) is 38.9 Å². The fourth-order valence-electron chi connectivity index (χ4n) is 2.70. The molecule has 6 heteroatoms. The first-order chi connectivity index (χ1) is 12.9. The summed E-state index contributed by atoms with van der Waals surface area (Å²) in [6.45, 7) is 5.55. The maximum atomic E-state index is 12.3. The van der Waals surface area contributed by atoms with Gasteiger partial charge < -0.3 is 10.6 Å². The summed E-state index contributed by atoms with van der Waals surface area (Å²) in [4.78, 5) is 23.6. The van der Waals surface area contributed by atoms with E-state index in [0.717, 1.165) is 16.8 Å². The number of amides is 1. The molecule has 0 spiro atoms. The van der Waals surface area contributed by atoms with Crippen molar-refractivity contribution in [3.63, 3.8) is 0 Å². The van der Waals surface area contributed by atoms with E-state index in [1.54, 1.807) is 36.4 Å². The highest BCUT2D eigenvalue weighted by atomic mass is 16.2. The van der Waals surface area contributed by atoms with Crippen molar-refractivity contribution in [2.24, 2.45) is 0 Å². The molecule has 0 aliphatic carbocycles. The van der Waals surface area contributed by atoms with Crippen LogP contribution in [0.25, 0.3) is 0 Å². The number of hydrogen-bond donors (Lipinski definition) is 2. The lowest BCUT2D eigenvalue weighted by Gasteiger charge is -2.08. The molecule has 136 valence electrons. The predicted molar refractivity (Wildman–Crippen MR) is 106 cm³/mol. The van der Waals surface area contributed by atoms with Crippen molar-refractivity contribution in [3.05, 3.63) is 77.0 Å². The molecule has 0 aliphatic rings. The summed E-state index contributed by atoms with van der Waals surface area (Å²) in [5.74, 6) is 0.170. The van der Waals surface area contributed by atoms with Gasteiger partial charge in [0, 0.05) is 16.9 Å². The molecule has 27 heavy (non-hydrogen) atoms. The van der Waals surface area contributed by atoms with Crippen LogP contribution in [0.3, 0.4) is 0 Å². The Morgan fingerprint density at radius 2 is 1.48 bits per heavy atom. The fraction of sp³-hybridized carbons (Fsp3) is 0.143. The summed E-state index contributed by atoms with van der Waals surface area (Å²) in [5, 5.41) is 14.0. The second-order valence-corrected chi connectivity index (χ2v) is 6.39. The standard InChI is InChI=1S/C21H20N4O2/c1-13-10-14(2)12-18(11-13)22-20-9-8-19(24-25-20)21(27)23-17-6-4-16(5-7-17)15(3)26/h4-12H,1-3H3,(H,22,25)(H,23,27). The number of ketones is 1. The van der Waals surface area contributed by atoms with Gasteiger partial charge in [-0.05, 0) is 80.4 Å². The van der Waals surface area contributed by atoms with Gasteiger partial charge in [-0.15, -0.1) is 10.2 Å². The van der Waals surface area contributed by atoms with E-state index in [1.807, 2.05) is 26.0 Å². The first kappa shape index (κ1) is 18.3. The third-order valence-corrected chi connectivity index (χ3v) is 3.94. The van der Waals surface area contributed by atoms with Crippen molar-refractivity contribution >= 4 is 28.9 Å². The minimum Gasteiger partial charge on any atom is -0.339 e. The van der Waals surface area contributed by atoms with Gasteiger partial charge in [0.2, 0.25) is 0 Å². The lowest BCUT2D eigenvalue weighted by atomic mass is 10.1. The number of carbonyl (C=O) groups excluding carboxylic acids is 2. The predicted octanol–water partition coefficient (Wildman–Crippen LogP) is 4.29. The maximum Gasteiger partial charge on any atom is 0.276 e. The van der Waals surface area contributed by atoms with Crippen LogP contribution < -0.4 is 10.6 Å². The number of aromatic nitrogens is 2. The summed E-state index contributed by atoms with van der Waals surface area (Å²) in [5.41, 5.74) is 4.61. The molecule has 0 saturated heterocycles. The normalized spacial score (nSPS) is 10.3. The number of rotatable bonds is 5. The SMILES string of the molecule is CC(=O)c1ccc(NC(=O)c2ccc(Nc3cc(C)cc(C)c3)nn2)cc1. The number of anilines is 3.